The average Bonchev–Trinajstić information content (AvgIpc) is 3.57. The van der Waals surface area contributed by atoms with Crippen LogP contribution in [0.5, 0.6) is 0 Å². The third-order valence-electron chi connectivity index (χ3n) is 5.80. The molecule has 9 heteroatoms. The van der Waals surface area contributed by atoms with Crippen LogP contribution in [0.2, 0.25) is 0 Å². The minimum absolute atomic E-state index is 0.124. The summed E-state index contributed by atoms with van der Waals surface area (Å²) in [6.07, 6.45) is 3.26. The normalized spacial score (nSPS) is 17.6. The van der Waals surface area contributed by atoms with Crippen molar-refractivity contribution in [3.63, 3.8) is 0 Å². The van der Waals surface area contributed by atoms with Gasteiger partial charge in [-0.1, -0.05) is 0 Å². The van der Waals surface area contributed by atoms with Crippen molar-refractivity contribution < 1.29 is 19.0 Å². The van der Waals surface area contributed by atoms with Crippen LogP contribution in [0, 0.1) is 5.82 Å². The molecule has 1 aliphatic heterocycles. The second-order valence-electron chi connectivity index (χ2n) is 7.87. The number of nitrogens with two attached hydrogens (primary N) is 1. The summed E-state index contributed by atoms with van der Waals surface area (Å²) in [5.41, 5.74) is 5.52. The van der Waals surface area contributed by atoms with Crippen LogP contribution in [0.25, 0.3) is 10.9 Å². The quantitative estimate of drug-likeness (QED) is 0.623. The summed E-state index contributed by atoms with van der Waals surface area (Å²) in [7, 11) is 0. The number of carbonyl (C=O) groups is 1. The second kappa shape index (κ2) is 8.71. The Kier molecular flexibility index (Phi) is 6.03. The number of hydrogen-bond donors (Lipinski definition) is 2. The molecule has 0 amide bonds. The molecular weight excluding hydrogens is 391 g/mol. The summed E-state index contributed by atoms with van der Waals surface area (Å²) in [6, 6.07) is 3.07. The van der Waals surface area contributed by atoms with Crippen LogP contribution in [0.3, 0.4) is 0 Å². The molecule has 2 aliphatic rings. The van der Waals surface area contributed by atoms with E-state index in [1.165, 1.54) is 12.3 Å². The van der Waals surface area contributed by atoms with E-state index in [4.69, 9.17) is 10.5 Å². The Balaban J connectivity index is 1.58. The van der Waals surface area contributed by atoms with Crippen molar-refractivity contribution in [1.82, 2.24) is 9.47 Å². The highest BCUT2D eigenvalue weighted by atomic mass is 19.1. The van der Waals surface area contributed by atoms with Crippen LogP contribution < -0.4 is 16.1 Å². The first kappa shape index (κ1) is 20.8. The maximum Gasteiger partial charge on any atom is 0.341 e. The van der Waals surface area contributed by atoms with Crippen molar-refractivity contribution in [2.45, 2.75) is 18.9 Å². The SMILES string of the molecule is NCCOCCN1CCN(c2cc3c(cc2F)c(=O)c(C(=O)O)cn3C2CC2)CC1. The number of pyridine rings is 1. The third-order valence-corrected chi connectivity index (χ3v) is 5.80. The first-order chi connectivity index (χ1) is 14.5. The molecule has 0 bridgehead atoms. The van der Waals surface area contributed by atoms with Gasteiger partial charge in [0.05, 0.1) is 24.4 Å². The summed E-state index contributed by atoms with van der Waals surface area (Å²) in [5.74, 6) is -1.78. The van der Waals surface area contributed by atoms with Crippen molar-refractivity contribution >= 4 is 22.6 Å². The third kappa shape index (κ3) is 4.19. The minimum atomic E-state index is -1.28. The number of hydrogen-bond acceptors (Lipinski definition) is 6. The lowest BCUT2D eigenvalue weighted by molar-refractivity contribution is 0.0695. The number of halogens is 1. The van der Waals surface area contributed by atoms with Gasteiger partial charge in [-0.05, 0) is 25.0 Å². The Bertz CT molecular complexity index is 997. The number of carboxylic acid groups (broad SMARTS) is 1. The number of piperazine rings is 1. The zero-order valence-corrected chi connectivity index (χ0v) is 16.8. The summed E-state index contributed by atoms with van der Waals surface area (Å²) < 4.78 is 22.2. The summed E-state index contributed by atoms with van der Waals surface area (Å²) in [5, 5.41) is 9.48. The van der Waals surface area contributed by atoms with Crippen molar-refractivity contribution in [1.29, 1.82) is 0 Å². The minimum Gasteiger partial charge on any atom is -0.477 e. The molecule has 3 N–H and O–H groups in total. The predicted octanol–water partition coefficient (Wildman–Crippen LogP) is 1.27. The van der Waals surface area contributed by atoms with Crippen molar-refractivity contribution in [2.75, 3.05) is 57.4 Å². The van der Waals surface area contributed by atoms with E-state index < -0.39 is 17.2 Å². The number of fused-ring (bicyclic) bond motifs is 1. The van der Waals surface area contributed by atoms with Gasteiger partial charge in [-0.3, -0.25) is 9.69 Å². The predicted molar refractivity (Wildman–Crippen MR) is 112 cm³/mol. The number of benzene rings is 1. The lowest BCUT2D eigenvalue weighted by Gasteiger charge is -2.36. The monoisotopic (exact) mass is 418 g/mol. The highest BCUT2D eigenvalue weighted by molar-refractivity contribution is 5.93. The van der Waals surface area contributed by atoms with Crippen LogP contribution in [0.1, 0.15) is 29.2 Å². The molecule has 1 aromatic carbocycles. The van der Waals surface area contributed by atoms with Gasteiger partial charge < -0.3 is 25.0 Å². The fourth-order valence-corrected chi connectivity index (χ4v) is 4.00. The van der Waals surface area contributed by atoms with E-state index in [1.54, 1.807) is 6.07 Å². The van der Waals surface area contributed by atoms with E-state index in [-0.39, 0.29) is 17.0 Å². The van der Waals surface area contributed by atoms with Gasteiger partial charge in [0.2, 0.25) is 5.43 Å². The van der Waals surface area contributed by atoms with Crippen molar-refractivity contribution in [2.24, 2.45) is 5.73 Å². The Morgan fingerprint density at radius 3 is 2.57 bits per heavy atom. The van der Waals surface area contributed by atoms with Crippen LogP contribution in [0.4, 0.5) is 10.1 Å². The van der Waals surface area contributed by atoms with Gasteiger partial charge in [-0.15, -0.1) is 0 Å². The molecule has 0 spiro atoms. The largest absolute Gasteiger partial charge is 0.477 e. The topological polar surface area (TPSA) is 101 Å². The molecular formula is C21H27FN4O4. The van der Waals surface area contributed by atoms with E-state index in [0.29, 0.717) is 44.1 Å². The molecule has 0 atom stereocenters. The maximum atomic E-state index is 15.0. The number of aromatic carboxylic acids is 1. The number of carboxylic acids is 1. The Labute approximate surface area is 173 Å². The van der Waals surface area contributed by atoms with E-state index >= 15 is 0 Å². The number of aromatic nitrogens is 1. The van der Waals surface area contributed by atoms with E-state index in [1.807, 2.05) is 9.47 Å². The van der Waals surface area contributed by atoms with Gasteiger partial charge in [0.15, 0.2) is 0 Å². The molecule has 30 heavy (non-hydrogen) atoms. The lowest BCUT2D eigenvalue weighted by Crippen LogP contribution is -2.47. The number of nitrogens with zero attached hydrogens (tertiary/aromatic N) is 3. The molecule has 1 aromatic heterocycles. The molecule has 2 heterocycles. The number of anilines is 1. The first-order valence-corrected chi connectivity index (χ1v) is 10.4. The van der Waals surface area contributed by atoms with Crippen LogP contribution >= 0.6 is 0 Å². The van der Waals surface area contributed by atoms with Gasteiger partial charge in [0.25, 0.3) is 0 Å². The van der Waals surface area contributed by atoms with Crippen molar-refractivity contribution in [3.8, 4) is 0 Å². The molecule has 1 saturated heterocycles. The molecule has 8 nitrogen and oxygen atoms in total. The van der Waals surface area contributed by atoms with Gasteiger partial charge in [-0.25, -0.2) is 9.18 Å². The second-order valence-corrected chi connectivity index (χ2v) is 7.87. The fourth-order valence-electron chi connectivity index (χ4n) is 4.00. The molecule has 1 saturated carbocycles. The van der Waals surface area contributed by atoms with Gasteiger partial charge in [-0.2, -0.15) is 0 Å². The standard InChI is InChI=1S/C21H27FN4O4/c22-17-11-15-18(26(14-1-2-14)13-16(20(15)27)21(28)29)12-19(17)25-6-4-24(5-7-25)8-10-30-9-3-23/h11-14H,1-10,23H2,(H,28,29). The molecule has 2 aromatic rings. The fraction of sp³-hybridized carbons (Fsp3) is 0.524. The van der Waals surface area contributed by atoms with E-state index in [9.17, 15) is 19.1 Å². The zero-order valence-electron chi connectivity index (χ0n) is 16.8. The van der Waals surface area contributed by atoms with Gasteiger partial charge in [0.1, 0.15) is 11.4 Å². The van der Waals surface area contributed by atoms with Crippen molar-refractivity contribution in [3.05, 3.63) is 39.9 Å². The van der Waals surface area contributed by atoms with E-state index in [0.717, 1.165) is 32.5 Å². The van der Waals surface area contributed by atoms with E-state index in [2.05, 4.69) is 4.90 Å². The molecule has 162 valence electrons. The molecule has 0 radical (unpaired) electrons. The zero-order chi connectivity index (χ0) is 21.3. The number of ether oxygens (including phenoxy) is 1. The Morgan fingerprint density at radius 1 is 1.20 bits per heavy atom. The summed E-state index contributed by atoms with van der Waals surface area (Å²) in [6.45, 7) is 5.41. The molecule has 4 rings (SSSR count). The van der Waals surface area contributed by atoms with Crippen LogP contribution in [-0.4, -0.2) is 73.0 Å². The van der Waals surface area contributed by atoms with Crippen LogP contribution in [-0.2, 0) is 4.74 Å². The average molecular weight is 418 g/mol. The van der Waals surface area contributed by atoms with Crippen LogP contribution in [0.15, 0.2) is 23.1 Å². The lowest BCUT2D eigenvalue weighted by atomic mass is 10.1. The maximum absolute atomic E-state index is 15.0. The highest BCUT2D eigenvalue weighted by Crippen LogP contribution is 2.38. The molecule has 2 fully saturated rings. The Hall–Kier alpha value is -2.49. The molecule has 1 aliphatic carbocycles. The molecule has 0 unspecified atom stereocenters. The smallest absolute Gasteiger partial charge is 0.341 e. The highest BCUT2D eigenvalue weighted by Gasteiger charge is 2.28. The van der Waals surface area contributed by atoms with Gasteiger partial charge in [0, 0.05) is 56.9 Å². The summed E-state index contributed by atoms with van der Waals surface area (Å²) in [4.78, 5) is 28.3. The van der Waals surface area contributed by atoms with Gasteiger partial charge >= 0.3 is 5.97 Å². The Morgan fingerprint density at radius 2 is 1.93 bits per heavy atom. The number of rotatable bonds is 8. The first-order valence-electron chi connectivity index (χ1n) is 10.4. The summed E-state index contributed by atoms with van der Waals surface area (Å²) >= 11 is 0.